The van der Waals surface area contributed by atoms with Crippen molar-refractivity contribution in [3.8, 4) is 6.07 Å². The second kappa shape index (κ2) is 5.09. The van der Waals surface area contributed by atoms with Gasteiger partial charge in [0.1, 0.15) is 5.82 Å². The van der Waals surface area contributed by atoms with Gasteiger partial charge in [0.05, 0.1) is 18.9 Å². The molecule has 1 unspecified atom stereocenters. The molecule has 0 aliphatic heterocycles. The summed E-state index contributed by atoms with van der Waals surface area (Å²) in [5.41, 5.74) is 7.92. The van der Waals surface area contributed by atoms with E-state index in [0.29, 0.717) is 0 Å². The van der Waals surface area contributed by atoms with E-state index in [1.165, 1.54) is 13.2 Å². The van der Waals surface area contributed by atoms with Gasteiger partial charge in [0.2, 0.25) is 5.91 Å². The number of benzene rings is 1. The number of nitriles is 1. The van der Waals surface area contributed by atoms with E-state index in [2.05, 4.69) is 10.3 Å². The lowest BCUT2D eigenvalue weighted by molar-refractivity contribution is -0.118. The smallest absolute Gasteiger partial charge is 0.239 e. The van der Waals surface area contributed by atoms with Crippen LogP contribution in [0.2, 0.25) is 0 Å². The summed E-state index contributed by atoms with van der Waals surface area (Å²) in [6, 6.07) is 5.32. The second-order valence-corrected chi connectivity index (χ2v) is 3.00. The van der Waals surface area contributed by atoms with Gasteiger partial charge in [0.15, 0.2) is 5.92 Å². The summed E-state index contributed by atoms with van der Waals surface area (Å²) in [7, 11) is 1.33. The predicted octanol–water partition coefficient (Wildman–Crippen LogP) is 0.891. The minimum Gasteiger partial charge on any atom is -0.368 e. The van der Waals surface area contributed by atoms with Crippen molar-refractivity contribution in [2.75, 3.05) is 12.6 Å². The lowest BCUT2D eigenvalue weighted by Crippen LogP contribution is -2.21. The molecule has 6 heteroatoms. The Hall–Kier alpha value is -2.13. The van der Waals surface area contributed by atoms with Crippen LogP contribution in [0, 0.1) is 17.1 Å². The third-order valence-corrected chi connectivity index (χ3v) is 1.95. The van der Waals surface area contributed by atoms with Crippen LogP contribution < -0.4 is 11.2 Å². The van der Waals surface area contributed by atoms with E-state index in [1.807, 2.05) is 0 Å². The number of hydrogen-bond donors (Lipinski definition) is 2. The van der Waals surface area contributed by atoms with Crippen LogP contribution in [0.5, 0.6) is 0 Å². The van der Waals surface area contributed by atoms with Crippen LogP contribution in [0.3, 0.4) is 0 Å². The molecule has 0 aromatic heterocycles. The van der Waals surface area contributed by atoms with Crippen molar-refractivity contribution in [3.63, 3.8) is 0 Å². The number of rotatable bonds is 4. The Labute approximate surface area is 91.6 Å². The maximum absolute atomic E-state index is 12.9. The van der Waals surface area contributed by atoms with Crippen LogP contribution >= 0.6 is 0 Å². The molecule has 0 bridgehead atoms. The maximum atomic E-state index is 12.9. The molecule has 0 fully saturated rings. The summed E-state index contributed by atoms with van der Waals surface area (Å²) in [4.78, 5) is 15.6. The monoisotopic (exact) mass is 223 g/mol. The molecule has 16 heavy (non-hydrogen) atoms. The van der Waals surface area contributed by atoms with Crippen molar-refractivity contribution in [3.05, 3.63) is 29.6 Å². The number of primary amides is 1. The predicted molar refractivity (Wildman–Crippen MR) is 54.6 cm³/mol. The molecule has 1 rings (SSSR count). The number of nitrogens with two attached hydrogens (primary N) is 1. The molecule has 0 spiro atoms. The summed E-state index contributed by atoms with van der Waals surface area (Å²) in [5.74, 6) is -2.45. The van der Waals surface area contributed by atoms with E-state index in [-0.39, 0.29) is 11.3 Å². The van der Waals surface area contributed by atoms with Crippen LogP contribution in [0.1, 0.15) is 11.5 Å². The quantitative estimate of drug-likeness (QED) is 0.742. The Morgan fingerprint density at radius 3 is 2.88 bits per heavy atom. The molecule has 1 aromatic rings. The fourth-order valence-corrected chi connectivity index (χ4v) is 1.26. The van der Waals surface area contributed by atoms with Crippen molar-refractivity contribution in [1.82, 2.24) is 0 Å². The molecular formula is C10H10FN3O2. The van der Waals surface area contributed by atoms with E-state index in [1.54, 1.807) is 6.07 Å². The van der Waals surface area contributed by atoms with Crippen LogP contribution in [0.25, 0.3) is 0 Å². The van der Waals surface area contributed by atoms with Crippen LogP contribution in [-0.4, -0.2) is 13.0 Å². The zero-order valence-corrected chi connectivity index (χ0v) is 8.53. The van der Waals surface area contributed by atoms with Gasteiger partial charge >= 0.3 is 0 Å². The van der Waals surface area contributed by atoms with Crippen molar-refractivity contribution in [2.24, 2.45) is 5.73 Å². The van der Waals surface area contributed by atoms with E-state index in [4.69, 9.17) is 11.0 Å². The fraction of sp³-hybridized carbons (Fsp3) is 0.200. The SMILES string of the molecule is CONc1cc(F)ccc1C(C#N)C(N)=O. The van der Waals surface area contributed by atoms with Gasteiger partial charge in [0.25, 0.3) is 0 Å². The Kier molecular flexibility index (Phi) is 3.80. The summed E-state index contributed by atoms with van der Waals surface area (Å²) >= 11 is 0. The number of anilines is 1. The molecule has 0 saturated heterocycles. The third kappa shape index (κ3) is 2.46. The Bertz CT molecular complexity index is 442. The molecule has 1 atom stereocenters. The molecule has 1 amide bonds. The Morgan fingerprint density at radius 2 is 2.38 bits per heavy atom. The standard InChI is InChI=1S/C10H10FN3O2/c1-16-14-9-4-6(11)2-3-7(9)8(5-12)10(13)15/h2-4,8,14H,1H3,(H2,13,15). The van der Waals surface area contributed by atoms with Crippen molar-refractivity contribution < 1.29 is 14.0 Å². The van der Waals surface area contributed by atoms with Gasteiger partial charge in [-0.2, -0.15) is 5.26 Å². The summed E-state index contributed by atoms with van der Waals surface area (Å²) in [6.45, 7) is 0. The lowest BCUT2D eigenvalue weighted by atomic mass is 9.98. The van der Waals surface area contributed by atoms with E-state index >= 15 is 0 Å². The summed E-state index contributed by atoms with van der Waals surface area (Å²) in [6.07, 6.45) is 0. The van der Waals surface area contributed by atoms with Gasteiger partial charge in [0, 0.05) is 5.56 Å². The molecule has 84 valence electrons. The number of nitrogens with zero attached hydrogens (tertiary/aromatic N) is 1. The number of amides is 1. The summed E-state index contributed by atoms with van der Waals surface area (Å²) < 4.78 is 12.9. The van der Waals surface area contributed by atoms with Gasteiger partial charge in [-0.3, -0.25) is 15.1 Å². The molecule has 1 aromatic carbocycles. The highest BCUT2D eigenvalue weighted by Crippen LogP contribution is 2.25. The van der Waals surface area contributed by atoms with Gasteiger partial charge in [-0.15, -0.1) is 0 Å². The number of halogens is 1. The Balaban J connectivity index is 3.21. The molecule has 0 aliphatic rings. The average molecular weight is 223 g/mol. The zero-order valence-electron chi connectivity index (χ0n) is 8.53. The van der Waals surface area contributed by atoms with Crippen LogP contribution in [-0.2, 0) is 9.63 Å². The molecule has 0 saturated carbocycles. The molecular weight excluding hydrogens is 213 g/mol. The largest absolute Gasteiger partial charge is 0.368 e. The number of hydrogen-bond acceptors (Lipinski definition) is 4. The fourth-order valence-electron chi connectivity index (χ4n) is 1.26. The van der Waals surface area contributed by atoms with Gasteiger partial charge in [-0.05, 0) is 12.1 Å². The minimum absolute atomic E-state index is 0.202. The third-order valence-electron chi connectivity index (χ3n) is 1.95. The van der Waals surface area contributed by atoms with E-state index < -0.39 is 17.6 Å². The number of nitrogens with one attached hydrogen (secondary N) is 1. The molecule has 0 heterocycles. The van der Waals surface area contributed by atoms with Crippen LogP contribution in [0.4, 0.5) is 10.1 Å². The number of carbonyl (C=O) groups is 1. The van der Waals surface area contributed by atoms with Crippen LogP contribution in [0.15, 0.2) is 18.2 Å². The molecule has 0 radical (unpaired) electrons. The highest BCUT2D eigenvalue weighted by molar-refractivity contribution is 5.86. The van der Waals surface area contributed by atoms with Crippen molar-refractivity contribution in [1.29, 1.82) is 5.26 Å². The highest BCUT2D eigenvalue weighted by Gasteiger charge is 2.20. The molecule has 0 aliphatic carbocycles. The first-order valence-corrected chi connectivity index (χ1v) is 4.37. The van der Waals surface area contributed by atoms with Gasteiger partial charge < -0.3 is 5.73 Å². The van der Waals surface area contributed by atoms with Crippen molar-refractivity contribution in [2.45, 2.75) is 5.92 Å². The minimum atomic E-state index is -1.14. The van der Waals surface area contributed by atoms with Gasteiger partial charge in [-0.1, -0.05) is 6.07 Å². The Morgan fingerprint density at radius 1 is 1.69 bits per heavy atom. The van der Waals surface area contributed by atoms with E-state index in [0.717, 1.165) is 12.1 Å². The molecule has 5 nitrogen and oxygen atoms in total. The normalized spacial score (nSPS) is 11.6. The summed E-state index contributed by atoms with van der Waals surface area (Å²) in [5, 5.41) is 8.80. The zero-order chi connectivity index (χ0) is 12.1. The van der Waals surface area contributed by atoms with Crippen molar-refractivity contribution >= 4 is 11.6 Å². The first-order chi connectivity index (χ1) is 7.60. The molecule has 3 N–H and O–H groups in total. The maximum Gasteiger partial charge on any atom is 0.239 e. The second-order valence-electron chi connectivity index (χ2n) is 3.00. The lowest BCUT2D eigenvalue weighted by Gasteiger charge is -2.12. The first-order valence-electron chi connectivity index (χ1n) is 4.37. The average Bonchev–Trinajstić information content (AvgIpc) is 2.22. The van der Waals surface area contributed by atoms with Gasteiger partial charge in [-0.25, -0.2) is 4.39 Å². The number of carbonyl (C=O) groups excluding carboxylic acids is 1. The first kappa shape index (κ1) is 11.9. The topological polar surface area (TPSA) is 88.1 Å². The highest BCUT2D eigenvalue weighted by atomic mass is 19.1. The van der Waals surface area contributed by atoms with E-state index in [9.17, 15) is 9.18 Å².